The topological polar surface area (TPSA) is 53.5 Å². The van der Waals surface area contributed by atoms with E-state index in [2.05, 4.69) is 14.7 Å². The Morgan fingerprint density at radius 1 is 0.492 bits per heavy atom. The molecule has 2 rings (SSSR count). The van der Waals surface area contributed by atoms with Gasteiger partial charge >= 0.3 is 72.5 Å². The van der Waals surface area contributed by atoms with Crippen LogP contribution in [0.3, 0.4) is 0 Å². The molecule has 0 aliphatic heterocycles. The fraction of sp³-hybridized carbons (Fsp3) is 0.667. The molecule has 0 saturated carbocycles. The summed E-state index contributed by atoms with van der Waals surface area (Å²) in [4.78, 5) is 8.01. The van der Waals surface area contributed by atoms with Crippen LogP contribution in [0.1, 0.15) is 51.0 Å². The van der Waals surface area contributed by atoms with Crippen LogP contribution in [0, 0.1) is 0 Å². The minimum absolute atomic E-state index is 0.0106. The first-order valence-electron chi connectivity index (χ1n) is 15.8. The summed E-state index contributed by atoms with van der Waals surface area (Å²) in [7, 11) is 0. The first-order chi connectivity index (χ1) is 26.3. The van der Waals surface area contributed by atoms with Crippen molar-refractivity contribution in [3.8, 4) is 17.1 Å². The molecular weight excluding hydrogens is 892 g/mol. The van der Waals surface area contributed by atoms with Crippen molar-refractivity contribution in [1.29, 1.82) is 0 Å². The van der Waals surface area contributed by atoms with Crippen molar-refractivity contribution >= 4 is 0 Å². The van der Waals surface area contributed by atoms with Crippen molar-refractivity contribution < 1.29 is 120 Å². The van der Waals surface area contributed by atoms with E-state index < -0.39 is 78.3 Å². The number of alkyl halides is 24. The largest absolute Gasteiger partial charge is 0.460 e. The number of hydrogen-bond acceptors (Lipinski definition) is 5. The lowest BCUT2D eigenvalue weighted by Gasteiger charge is -2.40. The molecule has 1 heterocycles. The fourth-order valence-electron chi connectivity index (χ4n) is 4.26. The highest BCUT2D eigenvalue weighted by Gasteiger charge is 2.90. The molecule has 0 bridgehead atoms. The van der Waals surface area contributed by atoms with Gasteiger partial charge in [-0.05, 0) is 42.7 Å². The molecule has 59 heavy (non-hydrogen) atoms. The molecule has 29 heteroatoms. The molecule has 0 fully saturated rings. The maximum absolute atomic E-state index is 14.3. The average molecular weight is 916 g/mol. The van der Waals surface area contributed by atoms with Gasteiger partial charge in [0.1, 0.15) is 5.75 Å². The second-order valence-electron chi connectivity index (χ2n) is 12.2. The molecule has 0 amide bonds. The molecule has 5 nitrogen and oxygen atoms in total. The first-order valence-corrected chi connectivity index (χ1v) is 15.8. The number of aromatic nitrogens is 2. The molecule has 1 unspecified atom stereocenters. The second-order valence-corrected chi connectivity index (χ2v) is 12.2. The number of nitrogens with zero attached hydrogens (tertiary/aromatic N) is 2. The Hall–Kier alpha value is -3.66. The summed E-state index contributed by atoms with van der Waals surface area (Å²) < 4.78 is 330. The number of hydrogen-bond donors (Lipinski definition) is 0. The van der Waals surface area contributed by atoms with Gasteiger partial charge in [0.05, 0.1) is 0 Å². The Labute approximate surface area is 314 Å². The molecule has 0 aliphatic rings. The zero-order chi connectivity index (χ0) is 46.1. The predicted octanol–water partition coefficient (Wildman–Crippen LogP) is 12.5. The van der Waals surface area contributed by atoms with E-state index in [1.165, 1.54) is 17.1 Å². The van der Waals surface area contributed by atoms with Crippen molar-refractivity contribution in [1.82, 2.24) is 9.97 Å². The summed E-state index contributed by atoms with van der Waals surface area (Å²) in [6, 6.07) is 2.61. The molecule has 340 valence electrons. The van der Waals surface area contributed by atoms with Crippen molar-refractivity contribution in [3.63, 3.8) is 0 Å². The minimum atomic E-state index is -8.90. The van der Waals surface area contributed by atoms with E-state index >= 15 is 0 Å². The minimum Gasteiger partial charge on any atom is -0.454 e. The molecule has 1 aromatic carbocycles. The maximum Gasteiger partial charge on any atom is 0.460 e. The van der Waals surface area contributed by atoms with Gasteiger partial charge in [0.2, 0.25) is 0 Å². The predicted molar refractivity (Wildman–Crippen MR) is 148 cm³/mol. The van der Waals surface area contributed by atoms with Crippen LogP contribution >= 0.6 is 0 Å². The van der Waals surface area contributed by atoms with Gasteiger partial charge in [-0.25, -0.2) is 19.4 Å². The number of halogens is 24. The van der Waals surface area contributed by atoms with Crippen LogP contribution in [0.5, 0.6) is 5.75 Å². The van der Waals surface area contributed by atoms with E-state index in [9.17, 15) is 105 Å². The van der Waals surface area contributed by atoms with E-state index in [0.717, 1.165) is 55.4 Å². The quantitative estimate of drug-likeness (QED) is 0.0870. The van der Waals surface area contributed by atoms with Crippen molar-refractivity contribution in [2.45, 2.75) is 124 Å². The normalized spacial score (nSPS) is 15.4. The summed E-state index contributed by atoms with van der Waals surface area (Å²) in [6.07, 6.45) is -37.7. The molecule has 1 aromatic heterocycles. The van der Waals surface area contributed by atoms with E-state index in [-0.39, 0.29) is 11.4 Å². The number of benzene rings is 1. The standard InChI is InChI=1S/C30H24F24N2O3/c1-2-3-4-5-6-7-8-15-13-55-18(56-14-15)16-9-11-17(12-10-16)57-19(31)20(32,33)21(34,35)27(47,48)58-29(51,52)24(40,41)25(42,43)30(53,54)59-28(49,50)23(38,39)22(36,37)26(44,45)46/h9-14,19H,2-8H2,1H3. The monoisotopic (exact) mass is 916 g/mol. The van der Waals surface area contributed by atoms with Gasteiger partial charge in [0.25, 0.3) is 0 Å². The van der Waals surface area contributed by atoms with Crippen LogP contribution in [0.2, 0.25) is 0 Å². The third kappa shape index (κ3) is 9.95. The van der Waals surface area contributed by atoms with Gasteiger partial charge in [-0.15, -0.1) is 0 Å². The van der Waals surface area contributed by atoms with Gasteiger partial charge in [0, 0.05) is 18.0 Å². The van der Waals surface area contributed by atoms with E-state index in [0.29, 0.717) is 24.1 Å². The lowest BCUT2D eigenvalue weighted by atomic mass is 10.1. The Morgan fingerprint density at radius 3 is 1.27 bits per heavy atom. The number of rotatable bonds is 22. The molecule has 0 N–H and O–H groups in total. The van der Waals surface area contributed by atoms with Crippen molar-refractivity contribution in [2.24, 2.45) is 0 Å². The van der Waals surface area contributed by atoms with Crippen LogP contribution in [0.4, 0.5) is 105 Å². The van der Waals surface area contributed by atoms with E-state index in [1.807, 2.05) is 6.92 Å². The summed E-state index contributed by atoms with van der Waals surface area (Å²) in [6.45, 7) is 2.03. The van der Waals surface area contributed by atoms with Crippen LogP contribution in [0.25, 0.3) is 11.4 Å². The molecule has 1 atom stereocenters. The smallest absolute Gasteiger partial charge is 0.454 e. The third-order valence-corrected chi connectivity index (χ3v) is 7.70. The van der Waals surface area contributed by atoms with Gasteiger partial charge in [-0.3, -0.25) is 0 Å². The Morgan fingerprint density at radius 2 is 0.864 bits per heavy atom. The Balaban J connectivity index is 2.27. The number of ether oxygens (including phenoxy) is 3. The molecular formula is C30H24F24N2O3. The summed E-state index contributed by atoms with van der Waals surface area (Å²) in [5.74, 6) is -51.2. The highest BCUT2D eigenvalue weighted by molar-refractivity contribution is 5.56. The summed E-state index contributed by atoms with van der Waals surface area (Å²) in [5.41, 5.74) is 0.670. The zero-order valence-corrected chi connectivity index (χ0v) is 28.7. The number of aryl methyl sites for hydroxylation is 1. The summed E-state index contributed by atoms with van der Waals surface area (Å²) >= 11 is 0. The van der Waals surface area contributed by atoms with Gasteiger partial charge in [-0.2, -0.15) is 105 Å². The van der Waals surface area contributed by atoms with Crippen LogP contribution < -0.4 is 4.74 Å². The lowest BCUT2D eigenvalue weighted by Crippen LogP contribution is -2.69. The van der Waals surface area contributed by atoms with Crippen LogP contribution in [0.15, 0.2) is 36.7 Å². The van der Waals surface area contributed by atoms with Gasteiger partial charge < -0.3 is 4.74 Å². The third-order valence-electron chi connectivity index (χ3n) is 7.70. The Kier molecular flexibility index (Phi) is 14.8. The lowest BCUT2D eigenvalue weighted by molar-refractivity contribution is -0.544. The zero-order valence-electron chi connectivity index (χ0n) is 28.7. The second kappa shape index (κ2) is 17.0. The van der Waals surface area contributed by atoms with Crippen LogP contribution in [-0.4, -0.2) is 82.5 Å². The van der Waals surface area contributed by atoms with Gasteiger partial charge in [0.15, 0.2) is 5.82 Å². The molecule has 0 radical (unpaired) electrons. The molecule has 2 aromatic rings. The fourth-order valence-corrected chi connectivity index (χ4v) is 4.26. The molecule has 0 aliphatic carbocycles. The SMILES string of the molecule is CCCCCCCCc1cnc(-c2ccc(OC(F)C(F)(F)C(F)(F)C(F)(F)OC(F)(F)C(F)(F)C(F)(F)C(F)(F)OC(F)(F)C(F)(F)C(F)(F)C(F)(F)F)cc2)nc1. The number of unbranched alkanes of at least 4 members (excludes halogenated alkanes) is 5. The Bertz CT molecular complexity index is 1670. The first kappa shape index (κ1) is 51.5. The van der Waals surface area contributed by atoms with Crippen LogP contribution in [-0.2, 0) is 15.9 Å². The van der Waals surface area contributed by atoms with Crippen molar-refractivity contribution in [3.05, 3.63) is 42.2 Å². The maximum atomic E-state index is 14.3. The van der Waals surface area contributed by atoms with E-state index in [1.54, 1.807) is 0 Å². The van der Waals surface area contributed by atoms with Crippen molar-refractivity contribution in [2.75, 3.05) is 0 Å². The summed E-state index contributed by atoms with van der Waals surface area (Å²) in [5, 5.41) is 0. The van der Waals surface area contributed by atoms with Gasteiger partial charge in [-0.1, -0.05) is 39.0 Å². The highest BCUT2D eigenvalue weighted by Crippen LogP contribution is 2.60. The molecule has 0 spiro atoms. The average Bonchev–Trinajstić information content (AvgIpc) is 3.08. The van der Waals surface area contributed by atoms with E-state index in [4.69, 9.17) is 0 Å². The molecule has 0 saturated heterocycles. The highest BCUT2D eigenvalue weighted by atomic mass is 19.4.